The van der Waals surface area contributed by atoms with Gasteiger partial charge in [-0.15, -0.1) is 0 Å². The molecule has 1 heterocycles. The van der Waals surface area contributed by atoms with Crippen LogP contribution < -0.4 is 5.32 Å². The predicted molar refractivity (Wildman–Crippen MR) is 83.8 cm³/mol. The Morgan fingerprint density at radius 3 is 2.76 bits per heavy atom. The molecule has 112 valence electrons. The van der Waals surface area contributed by atoms with E-state index in [1.165, 1.54) is 0 Å². The number of aromatic nitrogens is 2. The number of benzene rings is 1. The fourth-order valence-electron chi connectivity index (χ4n) is 2.16. The monoisotopic (exact) mass is 286 g/mol. The van der Waals surface area contributed by atoms with E-state index in [1.54, 1.807) is 0 Å². The molecule has 2 rings (SSSR count). The second-order valence-corrected chi connectivity index (χ2v) is 5.12. The molecule has 0 aliphatic rings. The Morgan fingerprint density at radius 2 is 2.10 bits per heavy atom. The number of carbonyl (C=O) groups excluding carboxylic acids is 1. The van der Waals surface area contributed by atoms with Gasteiger partial charge in [0.15, 0.2) is 0 Å². The summed E-state index contributed by atoms with van der Waals surface area (Å²) < 4.78 is 0. The zero-order valence-corrected chi connectivity index (χ0v) is 12.8. The maximum Gasteiger partial charge on any atom is 0.234 e. The molecule has 0 saturated carbocycles. The highest BCUT2D eigenvalue weighted by Gasteiger charge is 2.17. The van der Waals surface area contributed by atoms with E-state index in [2.05, 4.69) is 22.4 Å². The smallest absolute Gasteiger partial charge is 0.234 e. The molecule has 0 bridgehead atoms. The number of carbonyl (C=O) groups is 1. The van der Waals surface area contributed by atoms with E-state index in [9.17, 15) is 4.79 Å². The topological polar surface area (TPSA) is 61.0 Å². The highest BCUT2D eigenvalue weighted by molar-refractivity contribution is 5.77. The molecule has 2 N–H and O–H groups in total. The lowest BCUT2D eigenvalue weighted by Gasteiger charge is -2.22. The minimum atomic E-state index is 0.0367. The van der Waals surface area contributed by atoms with Crippen molar-refractivity contribution < 1.29 is 4.79 Å². The Morgan fingerprint density at radius 1 is 1.38 bits per heavy atom. The summed E-state index contributed by atoms with van der Waals surface area (Å²) in [5.41, 5.74) is 3.00. The Hall–Kier alpha value is -2.14. The predicted octanol–water partition coefficient (Wildman–Crippen LogP) is 2.21. The van der Waals surface area contributed by atoms with Crippen LogP contribution in [0.3, 0.4) is 0 Å². The van der Waals surface area contributed by atoms with E-state index in [0.29, 0.717) is 13.1 Å². The highest BCUT2D eigenvalue weighted by atomic mass is 16.2. The van der Waals surface area contributed by atoms with Crippen molar-refractivity contribution in [2.24, 2.45) is 0 Å². The molecule has 1 amide bonds. The third-order valence-corrected chi connectivity index (χ3v) is 3.55. The van der Waals surface area contributed by atoms with Gasteiger partial charge in [-0.05, 0) is 27.0 Å². The van der Waals surface area contributed by atoms with Crippen LogP contribution in [0.1, 0.15) is 25.6 Å². The third kappa shape index (κ3) is 3.92. The largest absolute Gasteiger partial charge is 0.355 e. The van der Waals surface area contributed by atoms with E-state index in [0.717, 1.165) is 17.0 Å². The minimum Gasteiger partial charge on any atom is -0.355 e. The van der Waals surface area contributed by atoms with E-state index < -0.39 is 0 Å². The molecule has 1 aromatic heterocycles. The number of nitrogens with one attached hydrogen (secondary N) is 2. The van der Waals surface area contributed by atoms with Crippen molar-refractivity contribution in [1.29, 1.82) is 0 Å². The lowest BCUT2D eigenvalue weighted by atomic mass is 10.1. The molecule has 5 nitrogen and oxygen atoms in total. The van der Waals surface area contributed by atoms with Crippen LogP contribution in [0.15, 0.2) is 36.4 Å². The van der Waals surface area contributed by atoms with Crippen LogP contribution in [0.2, 0.25) is 0 Å². The van der Waals surface area contributed by atoms with Crippen molar-refractivity contribution in [2.45, 2.75) is 19.9 Å². The first kappa shape index (κ1) is 15.3. The van der Waals surface area contributed by atoms with Gasteiger partial charge in [0.25, 0.3) is 0 Å². The van der Waals surface area contributed by atoms with Crippen molar-refractivity contribution in [3.05, 3.63) is 42.1 Å². The van der Waals surface area contributed by atoms with Gasteiger partial charge in [0.2, 0.25) is 5.91 Å². The number of likely N-dealkylation sites (N-methyl/N-ethyl adjacent to an activating group) is 2. The third-order valence-electron chi connectivity index (χ3n) is 3.55. The Kier molecular flexibility index (Phi) is 5.11. The fourth-order valence-corrected chi connectivity index (χ4v) is 2.16. The molecule has 0 aliphatic carbocycles. The average Bonchev–Trinajstić information content (AvgIpc) is 2.97. The fraction of sp³-hybridized carbons (Fsp3) is 0.375. The summed E-state index contributed by atoms with van der Waals surface area (Å²) in [6.07, 6.45) is 0. The Balaban J connectivity index is 2.05. The summed E-state index contributed by atoms with van der Waals surface area (Å²) in [5.74, 6) is 0.0367. The second-order valence-electron chi connectivity index (χ2n) is 5.12. The van der Waals surface area contributed by atoms with Gasteiger partial charge in [-0.25, -0.2) is 0 Å². The van der Waals surface area contributed by atoms with Crippen LogP contribution in [0.5, 0.6) is 0 Å². The molecular weight excluding hydrogens is 264 g/mol. The van der Waals surface area contributed by atoms with Crippen LogP contribution in [0.25, 0.3) is 11.3 Å². The summed E-state index contributed by atoms with van der Waals surface area (Å²) in [4.78, 5) is 13.6. The van der Waals surface area contributed by atoms with Gasteiger partial charge in [0.05, 0.1) is 17.9 Å². The van der Waals surface area contributed by atoms with Gasteiger partial charge in [0, 0.05) is 18.2 Å². The summed E-state index contributed by atoms with van der Waals surface area (Å²) in [7, 11) is 1.93. The normalized spacial score (nSPS) is 12.4. The Bertz CT molecular complexity index is 579. The van der Waals surface area contributed by atoms with Crippen LogP contribution in [0, 0.1) is 0 Å². The first-order valence-corrected chi connectivity index (χ1v) is 7.19. The van der Waals surface area contributed by atoms with Gasteiger partial charge >= 0.3 is 0 Å². The number of aromatic amines is 1. The summed E-state index contributed by atoms with van der Waals surface area (Å²) >= 11 is 0. The molecule has 0 saturated heterocycles. The number of hydrogen-bond donors (Lipinski definition) is 2. The molecule has 21 heavy (non-hydrogen) atoms. The van der Waals surface area contributed by atoms with Crippen molar-refractivity contribution in [3.8, 4) is 11.3 Å². The quantitative estimate of drug-likeness (QED) is 0.856. The van der Waals surface area contributed by atoms with Crippen molar-refractivity contribution in [1.82, 2.24) is 20.4 Å². The van der Waals surface area contributed by atoms with Gasteiger partial charge in [-0.1, -0.05) is 30.3 Å². The molecule has 5 heteroatoms. The number of H-pyrrole nitrogens is 1. The number of rotatable bonds is 6. The van der Waals surface area contributed by atoms with Crippen molar-refractivity contribution >= 4 is 5.91 Å². The molecule has 0 fully saturated rings. The molecule has 1 atom stereocenters. The maximum atomic E-state index is 11.6. The molecule has 0 radical (unpaired) electrons. The highest BCUT2D eigenvalue weighted by Crippen LogP contribution is 2.22. The maximum absolute atomic E-state index is 11.6. The number of amides is 1. The molecular formula is C16H22N4O. The van der Waals surface area contributed by atoms with Gasteiger partial charge < -0.3 is 5.32 Å². The lowest BCUT2D eigenvalue weighted by molar-refractivity contribution is -0.122. The molecule has 1 aromatic carbocycles. The van der Waals surface area contributed by atoms with Crippen LogP contribution in [-0.2, 0) is 4.79 Å². The van der Waals surface area contributed by atoms with Crippen molar-refractivity contribution in [3.63, 3.8) is 0 Å². The molecule has 0 spiro atoms. The van der Waals surface area contributed by atoms with E-state index >= 15 is 0 Å². The minimum absolute atomic E-state index is 0.0367. The van der Waals surface area contributed by atoms with Crippen LogP contribution in [0.4, 0.5) is 0 Å². The molecule has 0 aliphatic heterocycles. The number of nitrogens with zero attached hydrogens (tertiary/aromatic N) is 2. The van der Waals surface area contributed by atoms with Crippen molar-refractivity contribution in [2.75, 3.05) is 20.1 Å². The summed E-state index contributed by atoms with van der Waals surface area (Å²) in [6, 6.07) is 12.2. The summed E-state index contributed by atoms with van der Waals surface area (Å²) in [6.45, 7) is 5.00. The first-order chi connectivity index (χ1) is 10.1. The standard InChI is InChI=1S/C16H22N4O/c1-4-17-16(21)11-20(3)12(2)14-10-15(19-18-14)13-8-6-5-7-9-13/h5-10,12H,4,11H2,1-3H3,(H,17,21)(H,18,19)/t12-/m1/s1. The number of hydrogen-bond acceptors (Lipinski definition) is 3. The second kappa shape index (κ2) is 7.04. The molecule has 2 aromatic rings. The van der Waals surface area contributed by atoms with Gasteiger partial charge in [-0.3, -0.25) is 14.8 Å². The van der Waals surface area contributed by atoms with Crippen LogP contribution >= 0.6 is 0 Å². The molecule has 0 unspecified atom stereocenters. The van der Waals surface area contributed by atoms with E-state index in [4.69, 9.17) is 0 Å². The first-order valence-electron chi connectivity index (χ1n) is 7.19. The van der Waals surface area contributed by atoms with E-state index in [-0.39, 0.29) is 11.9 Å². The van der Waals surface area contributed by atoms with Crippen LogP contribution in [-0.4, -0.2) is 41.1 Å². The van der Waals surface area contributed by atoms with E-state index in [1.807, 2.05) is 55.3 Å². The zero-order valence-electron chi connectivity index (χ0n) is 12.8. The Labute approximate surface area is 125 Å². The van der Waals surface area contributed by atoms with Gasteiger partial charge in [0.1, 0.15) is 0 Å². The van der Waals surface area contributed by atoms with Gasteiger partial charge in [-0.2, -0.15) is 5.10 Å². The SMILES string of the molecule is CCNC(=O)CN(C)[C@H](C)c1cc(-c2ccccc2)n[nH]1. The summed E-state index contributed by atoms with van der Waals surface area (Å²) in [5, 5.41) is 10.2. The average molecular weight is 286 g/mol. The zero-order chi connectivity index (χ0) is 15.2. The lowest BCUT2D eigenvalue weighted by Crippen LogP contribution is -2.36.